The van der Waals surface area contributed by atoms with Gasteiger partial charge in [-0.2, -0.15) is 0 Å². The smallest absolute Gasteiger partial charge is 0.407 e. The summed E-state index contributed by atoms with van der Waals surface area (Å²) in [5.41, 5.74) is 5.83. The Balaban J connectivity index is 1.63. The molecule has 0 aliphatic carbocycles. The van der Waals surface area contributed by atoms with Gasteiger partial charge in [-0.05, 0) is 67.6 Å². The number of nitrogens with one attached hydrogen (secondary N) is 2. The molecule has 0 fully saturated rings. The third kappa shape index (κ3) is 4.83. The highest BCUT2D eigenvalue weighted by Crippen LogP contribution is 2.24. The van der Waals surface area contributed by atoms with E-state index < -0.39 is 11.7 Å². The molecule has 0 unspecified atom stereocenters. The van der Waals surface area contributed by atoms with E-state index in [4.69, 9.17) is 4.74 Å². The predicted octanol–water partition coefficient (Wildman–Crippen LogP) is 4.02. The second-order valence-electron chi connectivity index (χ2n) is 7.46. The third-order valence-corrected chi connectivity index (χ3v) is 4.22. The highest BCUT2D eigenvalue weighted by molar-refractivity contribution is 5.68. The fraction of sp³-hybridized carbons (Fsp3) is 0.381. The summed E-state index contributed by atoms with van der Waals surface area (Å²) in [6, 6.07) is 15.0. The minimum absolute atomic E-state index is 0.390. The first-order valence-corrected chi connectivity index (χ1v) is 8.79. The molecule has 0 saturated carbocycles. The van der Waals surface area contributed by atoms with Crippen molar-refractivity contribution in [3.8, 4) is 11.1 Å². The number of ether oxygens (including phenoxy) is 1. The Hall–Kier alpha value is -2.33. The van der Waals surface area contributed by atoms with Crippen LogP contribution in [0.2, 0.25) is 0 Å². The Morgan fingerprint density at radius 2 is 1.80 bits per heavy atom. The van der Waals surface area contributed by atoms with Crippen molar-refractivity contribution in [3.05, 3.63) is 59.2 Å². The van der Waals surface area contributed by atoms with Gasteiger partial charge in [0.05, 0.1) is 0 Å². The Kier molecular flexibility index (Phi) is 5.09. The van der Waals surface area contributed by atoms with Crippen molar-refractivity contribution in [2.24, 2.45) is 0 Å². The molecule has 132 valence electrons. The second-order valence-corrected chi connectivity index (χ2v) is 7.46. The molecule has 3 rings (SSSR count). The van der Waals surface area contributed by atoms with E-state index in [-0.39, 0.29) is 0 Å². The maximum Gasteiger partial charge on any atom is 0.407 e. The van der Waals surface area contributed by atoms with Crippen molar-refractivity contribution < 1.29 is 9.53 Å². The normalized spacial score (nSPS) is 13.9. The largest absolute Gasteiger partial charge is 0.444 e. The summed E-state index contributed by atoms with van der Waals surface area (Å²) < 4.78 is 5.25. The zero-order chi connectivity index (χ0) is 17.9. The van der Waals surface area contributed by atoms with E-state index in [1.165, 1.54) is 22.3 Å². The standard InChI is InChI=1S/C21H26N2O2/c1-21(2,3)25-20(24)23-13-15-4-6-16(7-5-15)18-9-8-17-10-11-22-14-19(17)12-18/h4-9,12,22H,10-11,13-14H2,1-3H3,(H,23,24). The average molecular weight is 338 g/mol. The van der Waals surface area contributed by atoms with Crippen LogP contribution in [0.25, 0.3) is 11.1 Å². The van der Waals surface area contributed by atoms with Crippen molar-refractivity contribution in [1.82, 2.24) is 10.6 Å². The molecular weight excluding hydrogens is 312 g/mol. The number of hydrogen-bond donors (Lipinski definition) is 2. The van der Waals surface area contributed by atoms with E-state index in [0.29, 0.717) is 6.54 Å². The molecule has 2 aromatic rings. The molecule has 25 heavy (non-hydrogen) atoms. The first-order valence-electron chi connectivity index (χ1n) is 8.79. The van der Waals surface area contributed by atoms with Gasteiger partial charge in [-0.15, -0.1) is 0 Å². The summed E-state index contributed by atoms with van der Waals surface area (Å²) >= 11 is 0. The molecule has 4 nitrogen and oxygen atoms in total. The maximum atomic E-state index is 11.7. The van der Waals surface area contributed by atoms with Crippen molar-refractivity contribution in [2.75, 3.05) is 6.54 Å². The zero-order valence-corrected chi connectivity index (χ0v) is 15.2. The minimum atomic E-state index is -0.477. The molecule has 0 radical (unpaired) electrons. The molecular formula is C21H26N2O2. The van der Waals surface area contributed by atoms with Gasteiger partial charge in [-0.25, -0.2) is 4.79 Å². The SMILES string of the molecule is CC(C)(C)OC(=O)NCc1ccc(-c2ccc3c(c2)CNCC3)cc1. The topological polar surface area (TPSA) is 50.4 Å². The lowest BCUT2D eigenvalue weighted by atomic mass is 9.95. The fourth-order valence-electron chi connectivity index (χ4n) is 2.96. The fourth-order valence-corrected chi connectivity index (χ4v) is 2.96. The molecule has 2 aromatic carbocycles. The second kappa shape index (κ2) is 7.28. The number of benzene rings is 2. The predicted molar refractivity (Wildman–Crippen MR) is 100 cm³/mol. The molecule has 0 atom stereocenters. The molecule has 2 N–H and O–H groups in total. The number of amides is 1. The van der Waals surface area contributed by atoms with Crippen LogP contribution >= 0.6 is 0 Å². The number of fused-ring (bicyclic) bond motifs is 1. The van der Waals surface area contributed by atoms with E-state index in [9.17, 15) is 4.79 Å². The van der Waals surface area contributed by atoms with Gasteiger partial charge < -0.3 is 15.4 Å². The third-order valence-electron chi connectivity index (χ3n) is 4.22. The van der Waals surface area contributed by atoms with Crippen LogP contribution in [0.15, 0.2) is 42.5 Å². The van der Waals surface area contributed by atoms with Gasteiger partial charge in [-0.1, -0.05) is 36.4 Å². The quantitative estimate of drug-likeness (QED) is 0.888. The summed E-state index contributed by atoms with van der Waals surface area (Å²) in [5.74, 6) is 0. The molecule has 4 heteroatoms. The van der Waals surface area contributed by atoms with Gasteiger partial charge in [-0.3, -0.25) is 0 Å². The highest BCUT2D eigenvalue weighted by atomic mass is 16.6. The van der Waals surface area contributed by atoms with E-state index in [1.807, 2.05) is 32.9 Å². The number of carbonyl (C=O) groups excluding carboxylic acids is 1. The summed E-state index contributed by atoms with van der Waals surface area (Å²) in [6.07, 6.45) is 0.712. The summed E-state index contributed by atoms with van der Waals surface area (Å²) in [7, 11) is 0. The van der Waals surface area contributed by atoms with E-state index in [0.717, 1.165) is 25.1 Å². The van der Waals surface area contributed by atoms with Crippen molar-refractivity contribution in [3.63, 3.8) is 0 Å². The Labute approximate surface area is 149 Å². The van der Waals surface area contributed by atoms with Gasteiger partial charge in [0.1, 0.15) is 5.60 Å². The van der Waals surface area contributed by atoms with E-state index in [1.54, 1.807) is 0 Å². The van der Waals surface area contributed by atoms with Gasteiger partial charge >= 0.3 is 6.09 Å². The highest BCUT2D eigenvalue weighted by Gasteiger charge is 2.15. The van der Waals surface area contributed by atoms with E-state index in [2.05, 4.69) is 41.0 Å². The van der Waals surface area contributed by atoms with Crippen LogP contribution in [0.1, 0.15) is 37.5 Å². The first-order chi connectivity index (χ1) is 11.9. The summed E-state index contributed by atoms with van der Waals surface area (Å²) in [4.78, 5) is 11.7. The number of hydrogen-bond acceptors (Lipinski definition) is 3. The van der Waals surface area contributed by atoms with Crippen molar-refractivity contribution in [1.29, 1.82) is 0 Å². The van der Waals surface area contributed by atoms with E-state index >= 15 is 0 Å². The van der Waals surface area contributed by atoms with Crippen LogP contribution in [0.5, 0.6) is 0 Å². The molecule has 0 bridgehead atoms. The van der Waals surface area contributed by atoms with Gasteiger partial charge in [0, 0.05) is 13.1 Å². The number of alkyl carbamates (subject to hydrolysis) is 1. The molecule has 0 saturated heterocycles. The van der Waals surface area contributed by atoms with Crippen LogP contribution in [0, 0.1) is 0 Å². The van der Waals surface area contributed by atoms with Crippen LogP contribution in [-0.2, 0) is 24.2 Å². The van der Waals surface area contributed by atoms with Crippen molar-refractivity contribution in [2.45, 2.75) is 45.9 Å². The number of rotatable bonds is 3. The molecule has 1 aliphatic heterocycles. The monoisotopic (exact) mass is 338 g/mol. The Morgan fingerprint density at radius 1 is 1.08 bits per heavy atom. The lowest BCUT2D eigenvalue weighted by Crippen LogP contribution is -2.32. The van der Waals surface area contributed by atoms with Gasteiger partial charge in [0.25, 0.3) is 0 Å². The average Bonchev–Trinajstić information content (AvgIpc) is 2.58. The zero-order valence-electron chi connectivity index (χ0n) is 15.2. The molecule has 0 spiro atoms. The summed E-state index contributed by atoms with van der Waals surface area (Å²) in [5, 5.41) is 6.21. The van der Waals surface area contributed by atoms with Crippen LogP contribution in [0.4, 0.5) is 4.79 Å². The minimum Gasteiger partial charge on any atom is -0.444 e. The molecule has 1 heterocycles. The lowest BCUT2D eigenvalue weighted by Gasteiger charge is -2.19. The molecule has 0 aromatic heterocycles. The molecule has 1 aliphatic rings. The van der Waals surface area contributed by atoms with Crippen LogP contribution in [-0.4, -0.2) is 18.2 Å². The Bertz CT molecular complexity index is 745. The maximum absolute atomic E-state index is 11.7. The lowest BCUT2D eigenvalue weighted by molar-refractivity contribution is 0.0523. The van der Waals surface area contributed by atoms with Crippen LogP contribution < -0.4 is 10.6 Å². The number of carbonyl (C=O) groups is 1. The molecule has 1 amide bonds. The first kappa shape index (κ1) is 17.5. The summed E-state index contributed by atoms with van der Waals surface area (Å²) in [6.45, 7) is 8.04. The van der Waals surface area contributed by atoms with Gasteiger partial charge in [0.2, 0.25) is 0 Å². The van der Waals surface area contributed by atoms with Crippen molar-refractivity contribution >= 4 is 6.09 Å². The Morgan fingerprint density at radius 3 is 2.52 bits per heavy atom. The van der Waals surface area contributed by atoms with Gasteiger partial charge in [0.15, 0.2) is 0 Å². The van der Waals surface area contributed by atoms with Crippen LogP contribution in [0.3, 0.4) is 0 Å².